The molecule has 0 radical (unpaired) electrons. The Hall–Kier alpha value is -0.260. The zero-order valence-electron chi connectivity index (χ0n) is 10.5. The minimum absolute atomic E-state index is 0.579. The predicted molar refractivity (Wildman–Crippen MR) is 64.6 cm³/mol. The van der Waals surface area contributed by atoms with Crippen molar-refractivity contribution in [2.45, 2.75) is 52.9 Å². The first-order valence-corrected chi connectivity index (χ1v) is 6.67. The van der Waals surface area contributed by atoms with Crippen LogP contribution in [-0.2, 0) is 0 Å². The lowest BCUT2D eigenvalue weighted by Gasteiger charge is -2.37. The van der Waals surface area contributed by atoms with E-state index in [1.54, 1.807) is 5.57 Å². The Morgan fingerprint density at radius 3 is 2.73 bits per heavy atom. The van der Waals surface area contributed by atoms with Crippen molar-refractivity contribution in [1.29, 1.82) is 0 Å². The molecule has 0 aromatic carbocycles. The highest BCUT2D eigenvalue weighted by Crippen LogP contribution is 2.72. The molecule has 0 heteroatoms. The van der Waals surface area contributed by atoms with E-state index < -0.39 is 0 Å². The van der Waals surface area contributed by atoms with Crippen molar-refractivity contribution in [3.63, 3.8) is 0 Å². The van der Waals surface area contributed by atoms with Gasteiger partial charge in [-0.25, -0.2) is 0 Å². The summed E-state index contributed by atoms with van der Waals surface area (Å²) in [4.78, 5) is 0. The van der Waals surface area contributed by atoms with Gasteiger partial charge in [0.25, 0.3) is 0 Å². The Morgan fingerprint density at radius 1 is 1.27 bits per heavy atom. The molecule has 0 aliphatic heterocycles. The monoisotopic (exact) mass is 204 g/mol. The van der Waals surface area contributed by atoms with Gasteiger partial charge in [-0.3, -0.25) is 0 Å². The van der Waals surface area contributed by atoms with Crippen LogP contribution in [0.25, 0.3) is 0 Å². The molecule has 3 aliphatic rings. The van der Waals surface area contributed by atoms with Crippen LogP contribution < -0.4 is 0 Å². The summed E-state index contributed by atoms with van der Waals surface area (Å²) in [6.45, 7) is 11.9. The summed E-state index contributed by atoms with van der Waals surface area (Å²) in [5, 5.41) is 0. The highest BCUT2D eigenvalue weighted by Gasteiger charge is 2.63. The summed E-state index contributed by atoms with van der Waals surface area (Å²) < 4.78 is 0. The highest BCUT2D eigenvalue weighted by atomic mass is 14.7. The number of hydrogen-bond acceptors (Lipinski definition) is 0. The van der Waals surface area contributed by atoms with Crippen LogP contribution in [-0.4, -0.2) is 0 Å². The van der Waals surface area contributed by atoms with Crippen molar-refractivity contribution in [2.75, 3.05) is 0 Å². The van der Waals surface area contributed by atoms with Gasteiger partial charge in [0.05, 0.1) is 0 Å². The second kappa shape index (κ2) is 2.70. The van der Waals surface area contributed by atoms with Crippen LogP contribution in [0.15, 0.2) is 12.2 Å². The molecule has 4 atom stereocenters. The molecule has 4 unspecified atom stereocenters. The SMILES string of the molecule is C=C1CCC2C13CCC(C)C(C3)C2(C)C. The lowest BCUT2D eigenvalue weighted by atomic mass is 9.68. The van der Waals surface area contributed by atoms with Gasteiger partial charge in [-0.2, -0.15) is 0 Å². The number of hydrogen-bond donors (Lipinski definition) is 0. The Bertz CT molecular complexity index is 312. The van der Waals surface area contributed by atoms with Gasteiger partial charge in [-0.1, -0.05) is 32.9 Å². The maximum absolute atomic E-state index is 4.40. The second-order valence-electron chi connectivity index (χ2n) is 7.00. The van der Waals surface area contributed by atoms with E-state index in [1.807, 2.05) is 0 Å². The van der Waals surface area contributed by atoms with E-state index in [2.05, 4.69) is 27.4 Å². The largest absolute Gasteiger partial charge is 0.0993 e. The second-order valence-corrected chi connectivity index (χ2v) is 7.00. The van der Waals surface area contributed by atoms with Gasteiger partial charge in [0.15, 0.2) is 0 Å². The molecule has 0 N–H and O–H groups in total. The van der Waals surface area contributed by atoms with E-state index in [0.717, 1.165) is 17.8 Å². The van der Waals surface area contributed by atoms with E-state index in [1.165, 1.54) is 32.1 Å². The number of fused-ring (bicyclic) bond motifs is 1. The number of allylic oxidation sites excluding steroid dienone is 1. The van der Waals surface area contributed by atoms with Crippen molar-refractivity contribution >= 4 is 0 Å². The maximum Gasteiger partial charge on any atom is -0.00542 e. The first-order valence-electron chi connectivity index (χ1n) is 6.67. The number of rotatable bonds is 0. The van der Waals surface area contributed by atoms with Gasteiger partial charge < -0.3 is 0 Å². The molecule has 1 spiro atoms. The quantitative estimate of drug-likeness (QED) is 0.513. The molecule has 0 heterocycles. The first-order chi connectivity index (χ1) is 6.98. The molecule has 84 valence electrons. The Kier molecular flexibility index (Phi) is 1.79. The zero-order valence-corrected chi connectivity index (χ0v) is 10.5. The van der Waals surface area contributed by atoms with Gasteiger partial charge in [0.2, 0.25) is 0 Å². The normalized spacial score (nSPS) is 51.9. The standard InChI is InChI=1S/C15H24/c1-10-7-8-15-9-12(10)14(3,4)13(15)6-5-11(15)2/h10,12-13H,2,5-9H2,1,3-4H3. The average molecular weight is 204 g/mol. The zero-order chi connectivity index (χ0) is 10.8. The summed E-state index contributed by atoms with van der Waals surface area (Å²) in [6, 6.07) is 0. The van der Waals surface area contributed by atoms with Crippen LogP contribution >= 0.6 is 0 Å². The molecule has 3 fully saturated rings. The van der Waals surface area contributed by atoms with Crippen molar-refractivity contribution in [1.82, 2.24) is 0 Å². The molecule has 0 nitrogen and oxygen atoms in total. The third-order valence-electron chi connectivity index (χ3n) is 6.28. The van der Waals surface area contributed by atoms with Crippen molar-refractivity contribution in [3.8, 4) is 0 Å². The molecule has 3 rings (SSSR count). The van der Waals surface area contributed by atoms with E-state index in [4.69, 9.17) is 0 Å². The molecule has 0 saturated heterocycles. The highest BCUT2D eigenvalue weighted by molar-refractivity contribution is 5.27. The first kappa shape index (κ1) is 9.93. The van der Waals surface area contributed by atoms with Crippen LogP contribution in [0.2, 0.25) is 0 Å². The van der Waals surface area contributed by atoms with Gasteiger partial charge in [-0.05, 0) is 60.7 Å². The summed E-state index contributed by atoms with van der Waals surface area (Å²) >= 11 is 0. The third-order valence-corrected chi connectivity index (χ3v) is 6.28. The molecule has 3 aliphatic carbocycles. The van der Waals surface area contributed by atoms with E-state index in [9.17, 15) is 0 Å². The molecule has 0 aromatic heterocycles. The van der Waals surface area contributed by atoms with Crippen LogP contribution in [0.5, 0.6) is 0 Å². The fourth-order valence-electron chi connectivity index (χ4n) is 5.45. The molecule has 0 aromatic rings. The Morgan fingerprint density at radius 2 is 2.00 bits per heavy atom. The van der Waals surface area contributed by atoms with E-state index in [-0.39, 0.29) is 0 Å². The van der Waals surface area contributed by atoms with Crippen molar-refractivity contribution in [3.05, 3.63) is 12.2 Å². The molecule has 0 amide bonds. The van der Waals surface area contributed by atoms with Gasteiger partial charge >= 0.3 is 0 Å². The van der Waals surface area contributed by atoms with Gasteiger partial charge in [0.1, 0.15) is 0 Å². The van der Waals surface area contributed by atoms with E-state index in [0.29, 0.717) is 10.8 Å². The third kappa shape index (κ3) is 0.990. The summed E-state index contributed by atoms with van der Waals surface area (Å²) in [5.41, 5.74) is 2.77. The minimum Gasteiger partial charge on any atom is -0.0993 e. The van der Waals surface area contributed by atoms with Crippen molar-refractivity contribution in [2.24, 2.45) is 28.6 Å². The fraction of sp³-hybridized carbons (Fsp3) is 0.867. The van der Waals surface area contributed by atoms with Gasteiger partial charge in [0, 0.05) is 0 Å². The maximum atomic E-state index is 4.40. The molecule has 2 bridgehead atoms. The van der Waals surface area contributed by atoms with Gasteiger partial charge in [-0.15, -0.1) is 0 Å². The molecular formula is C15H24. The van der Waals surface area contributed by atoms with Crippen LogP contribution in [0.4, 0.5) is 0 Å². The lowest BCUT2D eigenvalue weighted by molar-refractivity contribution is 0.140. The Balaban J connectivity index is 2.08. The van der Waals surface area contributed by atoms with Crippen LogP contribution in [0, 0.1) is 28.6 Å². The fourth-order valence-corrected chi connectivity index (χ4v) is 5.45. The average Bonchev–Trinajstić information content (AvgIpc) is 2.57. The minimum atomic E-state index is 0.579. The van der Waals surface area contributed by atoms with Crippen LogP contribution in [0.1, 0.15) is 52.9 Å². The lowest BCUT2D eigenvalue weighted by Crippen LogP contribution is -2.28. The smallest absolute Gasteiger partial charge is 0.00542 e. The molecule has 15 heavy (non-hydrogen) atoms. The summed E-state index contributed by atoms with van der Waals surface area (Å²) in [5.74, 6) is 2.87. The van der Waals surface area contributed by atoms with Crippen molar-refractivity contribution < 1.29 is 0 Å². The topological polar surface area (TPSA) is 0 Å². The Labute approximate surface area is 94.1 Å². The van der Waals surface area contributed by atoms with E-state index >= 15 is 0 Å². The summed E-state index contributed by atoms with van der Waals surface area (Å²) in [6.07, 6.45) is 7.09. The molecule has 3 saturated carbocycles. The van der Waals surface area contributed by atoms with Crippen LogP contribution in [0.3, 0.4) is 0 Å². The molecular weight excluding hydrogens is 180 g/mol. The predicted octanol–water partition coefficient (Wildman–Crippen LogP) is 4.42. The summed E-state index contributed by atoms with van der Waals surface area (Å²) in [7, 11) is 0.